The van der Waals surface area contributed by atoms with Crippen LogP contribution in [0.2, 0.25) is 0 Å². The third kappa shape index (κ3) is 3.20. The van der Waals surface area contributed by atoms with Crippen molar-refractivity contribution >= 4 is 11.9 Å². The zero-order valence-corrected chi connectivity index (χ0v) is 10.9. The highest BCUT2D eigenvalue weighted by Gasteiger charge is 2.43. The Morgan fingerprint density at radius 3 is 2.72 bits per heavy atom. The van der Waals surface area contributed by atoms with E-state index in [-0.39, 0.29) is 18.4 Å². The molecule has 1 amide bonds. The first-order valence-corrected chi connectivity index (χ1v) is 6.20. The molecule has 0 heterocycles. The van der Waals surface area contributed by atoms with Crippen LogP contribution in [-0.4, -0.2) is 42.8 Å². The molecule has 0 radical (unpaired) electrons. The number of nitrogens with one attached hydrogen (secondary N) is 1. The fourth-order valence-electron chi connectivity index (χ4n) is 2.29. The Labute approximate surface area is 107 Å². The van der Waals surface area contributed by atoms with Crippen molar-refractivity contribution in [2.45, 2.75) is 44.7 Å². The lowest BCUT2D eigenvalue weighted by Gasteiger charge is -2.29. The van der Waals surface area contributed by atoms with Crippen molar-refractivity contribution in [1.29, 1.82) is 0 Å². The smallest absolute Gasteiger partial charge is 0.326 e. The highest BCUT2D eigenvalue weighted by atomic mass is 16.5. The van der Waals surface area contributed by atoms with Crippen LogP contribution >= 0.6 is 0 Å². The summed E-state index contributed by atoms with van der Waals surface area (Å²) in [5.41, 5.74) is 5.28. The van der Waals surface area contributed by atoms with E-state index >= 15 is 0 Å². The first-order valence-electron chi connectivity index (χ1n) is 6.20. The van der Waals surface area contributed by atoms with Crippen LogP contribution < -0.4 is 11.1 Å². The molecule has 6 nitrogen and oxygen atoms in total. The van der Waals surface area contributed by atoms with Crippen LogP contribution in [0.4, 0.5) is 0 Å². The summed E-state index contributed by atoms with van der Waals surface area (Å²) < 4.78 is 4.84. The number of carbonyl (C=O) groups excluding carboxylic acids is 1. The van der Waals surface area contributed by atoms with Crippen molar-refractivity contribution in [3.63, 3.8) is 0 Å². The van der Waals surface area contributed by atoms with Crippen LogP contribution in [0, 0.1) is 5.41 Å². The largest absolute Gasteiger partial charge is 0.480 e. The molecule has 0 spiro atoms. The van der Waals surface area contributed by atoms with Gasteiger partial charge >= 0.3 is 5.97 Å². The third-order valence-electron chi connectivity index (χ3n) is 3.76. The third-order valence-corrected chi connectivity index (χ3v) is 3.76. The number of carboxylic acid groups (broad SMARTS) is 1. The number of ether oxygens (including phenoxy) is 1. The summed E-state index contributed by atoms with van der Waals surface area (Å²) in [6, 6.07) is -1.11. The van der Waals surface area contributed by atoms with Gasteiger partial charge in [-0.25, -0.2) is 4.79 Å². The Bertz CT molecular complexity index is 321. The van der Waals surface area contributed by atoms with Gasteiger partial charge in [0.1, 0.15) is 6.04 Å². The van der Waals surface area contributed by atoms with Crippen LogP contribution in [0.1, 0.15) is 32.6 Å². The van der Waals surface area contributed by atoms with E-state index in [1.165, 1.54) is 7.11 Å². The van der Waals surface area contributed by atoms with E-state index in [1.807, 2.05) is 0 Å². The van der Waals surface area contributed by atoms with Crippen molar-refractivity contribution in [3.05, 3.63) is 0 Å². The number of aliphatic carboxylic acids is 1. The molecular formula is C12H22N2O4. The van der Waals surface area contributed by atoms with Gasteiger partial charge in [-0.3, -0.25) is 4.79 Å². The lowest BCUT2D eigenvalue weighted by atomic mass is 9.84. The molecule has 3 atom stereocenters. The van der Waals surface area contributed by atoms with Gasteiger partial charge in [-0.2, -0.15) is 0 Å². The maximum Gasteiger partial charge on any atom is 0.326 e. The molecule has 1 aliphatic carbocycles. The van der Waals surface area contributed by atoms with Gasteiger partial charge in [0.25, 0.3) is 0 Å². The lowest BCUT2D eigenvalue weighted by Crippen LogP contribution is -2.52. The maximum atomic E-state index is 12.2. The van der Waals surface area contributed by atoms with Crippen molar-refractivity contribution in [3.8, 4) is 0 Å². The summed E-state index contributed by atoms with van der Waals surface area (Å²) in [6.45, 7) is 2.09. The average molecular weight is 258 g/mol. The zero-order valence-electron chi connectivity index (χ0n) is 10.9. The first-order chi connectivity index (χ1) is 8.41. The van der Waals surface area contributed by atoms with Crippen LogP contribution in [0.3, 0.4) is 0 Å². The minimum absolute atomic E-state index is 0.200. The number of hydrogen-bond donors (Lipinski definition) is 3. The molecule has 3 unspecified atom stereocenters. The summed E-state index contributed by atoms with van der Waals surface area (Å²) in [4.78, 5) is 23.2. The molecule has 6 heteroatoms. The summed E-state index contributed by atoms with van der Waals surface area (Å²) in [5, 5.41) is 11.6. The molecule has 0 aliphatic heterocycles. The maximum absolute atomic E-state index is 12.2. The molecule has 18 heavy (non-hydrogen) atoms. The van der Waals surface area contributed by atoms with Crippen molar-refractivity contribution in [2.75, 3.05) is 13.7 Å². The van der Waals surface area contributed by atoms with Crippen molar-refractivity contribution in [1.82, 2.24) is 5.32 Å². The fourth-order valence-corrected chi connectivity index (χ4v) is 2.29. The number of carboxylic acids is 1. The topological polar surface area (TPSA) is 102 Å². The second kappa shape index (κ2) is 6.15. The fraction of sp³-hybridized carbons (Fsp3) is 0.833. The van der Waals surface area contributed by atoms with Crippen LogP contribution in [-0.2, 0) is 14.3 Å². The number of nitrogens with two attached hydrogens (primary N) is 1. The predicted molar refractivity (Wildman–Crippen MR) is 66.0 cm³/mol. The minimum Gasteiger partial charge on any atom is -0.480 e. The summed E-state index contributed by atoms with van der Waals surface area (Å²) in [6.07, 6.45) is 2.67. The number of methoxy groups -OCH3 is 1. The van der Waals surface area contributed by atoms with Crippen LogP contribution in [0.25, 0.3) is 0 Å². The van der Waals surface area contributed by atoms with Gasteiger partial charge in [0.2, 0.25) is 5.91 Å². The quantitative estimate of drug-likeness (QED) is 0.627. The lowest BCUT2D eigenvalue weighted by molar-refractivity contribution is -0.144. The Hall–Kier alpha value is -1.14. The minimum atomic E-state index is -1.05. The van der Waals surface area contributed by atoms with Gasteiger partial charge in [0.15, 0.2) is 0 Å². The van der Waals surface area contributed by atoms with Crippen molar-refractivity contribution in [2.24, 2.45) is 11.1 Å². The Morgan fingerprint density at radius 1 is 1.61 bits per heavy atom. The van der Waals surface area contributed by atoms with Gasteiger partial charge in [-0.15, -0.1) is 0 Å². The normalized spacial score (nSPS) is 28.9. The SMILES string of the molecule is COCCC(NC(=O)C1(C)CCCC1N)C(=O)O. The van der Waals surface area contributed by atoms with E-state index in [0.717, 1.165) is 12.8 Å². The van der Waals surface area contributed by atoms with E-state index in [1.54, 1.807) is 6.92 Å². The molecule has 0 aromatic heterocycles. The molecule has 104 valence electrons. The molecule has 1 aliphatic rings. The molecule has 1 rings (SSSR count). The van der Waals surface area contributed by atoms with E-state index in [4.69, 9.17) is 15.6 Å². The second-order valence-electron chi connectivity index (χ2n) is 5.06. The number of carbonyl (C=O) groups is 2. The van der Waals surface area contributed by atoms with E-state index < -0.39 is 17.4 Å². The Balaban J connectivity index is 2.63. The van der Waals surface area contributed by atoms with E-state index in [2.05, 4.69) is 5.32 Å². The molecule has 1 saturated carbocycles. The Morgan fingerprint density at radius 2 is 2.28 bits per heavy atom. The molecule has 0 aromatic carbocycles. The number of amides is 1. The number of hydrogen-bond acceptors (Lipinski definition) is 4. The average Bonchev–Trinajstić information content (AvgIpc) is 2.65. The summed E-state index contributed by atoms with van der Waals surface area (Å²) >= 11 is 0. The molecule has 0 aromatic rings. The Kier molecular flexibility index (Phi) is 5.10. The van der Waals surface area contributed by atoms with Crippen LogP contribution in [0.5, 0.6) is 0 Å². The molecule has 0 bridgehead atoms. The standard InChI is InChI=1S/C12H22N2O4/c1-12(6-3-4-9(12)13)11(17)14-8(10(15)16)5-7-18-2/h8-9H,3-7,13H2,1-2H3,(H,14,17)(H,15,16). The van der Waals surface area contributed by atoms with Gasteiger partial charge in [0.05, 0.1) is 5.41 Å². The predicted octanol–water partition coefficient (Wildman–Crippen LogP) is 0.110. The highest BCUT2D eigenvalue weighted by molar-refractivity contribution is 5.88. The van der Waals surface area contributed by atoms with Gasteiger partial charge in [-0.05, 0) is 19.8 Å². The number of rotatable bonds is 6. The summed E-state index contributed by atoms with van der Waals surface area (Å²) in [5.74, 6) is -1.31. The van der Waals surface area contributed by atoms with Crippen LogP contribution in [0.15, 0.2) is 0 Å². The molecular weight excluding hydrogens is 236 g/mol. The van der Waals surface area contributed by atoms with E-state index in [9.17, 15) is 9.59 Å². The summed E-state index contributed by atoms with van der Waals surface area (Å²) in [7, 11) is 1.49. The highest BCUT2D eigenvalue weighted by Crippen LogP contribution is 2.36. The second-order valence-corrected chi connectivity index (χ2v) is 5.06. The first kappa shape index (κ1) is 14.9. The van der Waals surface area contributed by atoms with Crippen molar-refractivity contribution < 1.29 is 19.4 Å². The van der Waals surface area contributed by atoms with Gasteiger partial charge in [0, 0.05) is 26.2 Å². The van der Waals surface area contributed by atoms with Gasteiger partial charge < -0.3 is 20.9 Å². The molecule has 1 fully saturated rings. The monoisotopic (exact) mass is 258 g/mol. The molecule has 0 saturated heterocycles. The van der Waals surface area contributed by atoms with E-state index in [0.29, 0.717) is 13.0 Å². The van der Waals surface area contributed by atoms with Gasteiger partial charge in [-0.1, -0.05) is 6.42 Å². The zero-order chi connectivity index (χ0) is 13.8. The molecule has 4 N–H and O–H groups in total.